The summed E-state index contributed by atoms with van der Waals surface area (Å²) in [6.45, 7) is 2.65. The summed E-state index contributed by atoms with van der Waals surface area (Å²) < 4.78 is 7.22. The second-order valence-corrected chi connectivity index (χ2v) is 7.93. The first kappa shape index (κ1) is 19.9. The molecule has 2 rings (SSSR count). The number of nitrogens with one attached hydrogen (secondary N) is 1. The summed E-state index contributed by atoms with van der Waals surface area (Å²) in [6, 6.07) is 9.34. The van der Waals surface area contributed by atoms with Crippen molar-refractivity contribution in [3.8, 4) is 5.75 Å². The molecule has 0 radical (unpaired) electrons. The van der Waals surface area contributed by atoms with Crippen molar-refractivity contribution >= 4 is 55.0 Å². The lowest BCUT2D eigenvalue weighted by molar-refractivity contribution is -0.137. The van der Waals surface area contributed by atoms with Crippen LogP contribution in [0.15, 0.2) is 44.7 Å². The Hall–Kier alpha value is -1.38. The van der Waals surface area contributed by atoms with Crippen LogP contribution in [0.2, 0.25) is 0 Å². The Kier molecular flexibility index (Phi) is 7.92. The minimum Gasteiger partial charge on any atom is -0.483 e. The Morgan fingerprint density at radius 3 is 2.72 bits per heavy atom. The van der Waals surface area contributed by atoms with Crippen LogP contribution >= 0.6 is 43.2 Å². The van der Waals surface area contributed by atoms with Crippen LogP contribution in [-0.4, -0.2) is 36.4 Å². The van der Waals surface area contributed by atoms with E-state index >= 15 is 0 Å². The molecule has 25 heavy (non-hydrogen) atoms. The van der Waals surface area contributed by atoms with E-state index in [1.807, 2.05) is 36.6 Å². The highest BCUT2D eigenvalue weighted by molar-refractivity contribution is 9.11. The van der Waals surface area contributed by atoms with Crippen LogP contribution in [0.1, 0.15) is 11.8 Å². The summed E-state index contributed by atoms with van der Waals surface area (Å²) in [6.07, 6.45) is 0. The maximum Gasteiger partial charge on any atom is 0.260 e. The highest BCUT2D eigenvalue weighted by atomic mass is 79.9. The van der Waals surface area contributed by atoms with Gasteiger partial charge in [0.05, 0.1) is 17.6 Å². The highest BCUT2D eigenvalue weighted by Crippen LogP contribution is 2.28. The van der Waals surface area contributed by atoms with E-state index in [0.717, 1.165) is 13.8 Å². The molecular weight excluding hydrogens is 472 g/mol. The van der Waals surface area contributed by atoms with Crippen LogP contribution in [-0.2, 0) is 16.1 Å². The maximum absolute atomic E-state index is 12.3. The number of hydrogen-bond donors (Lipinski definition) is 1. The van der Waals surface area contributed by atoms with Gasteiger partial charge in [0.2, 0.25) is 5.91 Å². The van der Waals surface area contributed by atoms with E-state index in [4.69, 9.17) is 4.74 Å². The fourth-order valence-corrected chi connectivity index (χ4v) is 3.83. The molecule has 0 atom stereocenters. The molecule has 0 spiro atoms. The van der Waals surface area contributed by atoms with Crippen molar-refractivity contribution in [3.63, 3.8) is 0 Å². The molecule has 0 saturated carbocycles. The molecule has 1 N–H and O–H groups in total. The number of halogens is 2. The number of nitrogens with zero attached hydrogens (tertiary/aromatic N) is 1. The molecule has 5 nitrogen and oxygen atoms in total. The zero-order valence-electron chi connectivity index (χ0n) is 13.6. The molecule has 8 heteroatoms. The van der Waals surface area contributed by atoms with E-state index in [1.165, 1.54) is 4.90 Å². The normalized spacial score (nSPS) is 10.4. The van der Waals surface area contributed by atoms with Crippen molar-refractivity contribution < 1.29 is 14.3 Å². The van der Waals surface area contributed by atoms with E-state index in [1.54, 1.807) is 17.4 Å². The first-order chi connectivity index (χ1) is 12.0. The van der Waals surface area contributed by atoms with Crippen LogP contribution in [0, 0.1) is 0 Å². The van der Waals surface area contributed by atoms with Gasteiger partial charge in [0.1, 0.15) is 5.75 Å². The fraction of sp³-hybridized carbons (Fsp3) is 0.294. The van der Waals surface area contributed by atoms with Gasteiger partial charge in [-0.15, -0.1) is 11.3 Å². The average molecular weight is 490 g/mol. The molecular formula is C17H18Br2N2O3S. The van der Waals surface area contributed by atoms with Crippen molar-refractivity contribution in [2.45, 2.75) is 13.5 Å². The second kappa shape index (κ2) is 9.94. The predicted octanol–water partition coefficient (Wildman–Crippen LogP) is 3.82. The van der Waals surface area contributed by atoms with Gasteiger partial charge in [0.25, 0.3) is 5.91 Å². The Bertz CT molecular complexity index is 723. The van der Waals surface area contributed by atoms with E-state index in [2.05, 4.69) is 37.2 Å². The van der Waals surface area contributed by atoms with Gasteiger partial charge in [-0.05, 0) is 52.5 Å². The van der Waals surface area contributed by atoms with Gasteiger partial charge < -0.3 is 15.0 Å². The van der Waals surface area contributed by atoms with E-state index < -0.39 is 0 Å². The lowest BCUT2D eigenvalue weighted by atomic mass is 10.3. The van der Waals surface area contributed by atoms with Crippen LogP contribution in [0.4, 0.5) is 0 Å². The summed E-state index contributed by atoms with van der Waals surface area (Å²) in [4.78, 5) is 26.9. The first-order valence-electron chi connectivity index (χ1n) is 7.64. The van der Waals surface area contributed by atoms with E-state index in [0.29, 0.717) is 18.8 Å². The lowest BCUT2D eigenvalue weighted by Crippen LogP contribution is -2.42. The molecule has 134 valence electrons. The Morgan fingerprint density at radius 1 is 1.28 bits per heavy atom. The van der Waals surface area contributed by atoms with Crippen molar-refractivity contribution in [3.05, 3.63) is 49.5 Å². The average Bonchev–Trinajstić information content (AvgIpc) is 3.10. The summed E-state index contributed by atoms with van der Waals surface area (Å²) in [5, 5.41) is 4.78. The molecule has 1 heterocycles. The molecule has 0 unspecified atom stereocenters. The van der Waals surface area contributed by atoms with Crippen LogP contribution in [0.25, 0.3) is 0 Å². The number of rotatable bonds is 8. The summed E-state index contributed by atoms with van der Waals surface area (Å²) in [5.41, 5.74) is 0. The zero-order chi connectivity index (χ0) is 18.2. The minimum atomic E-state index is -0.233. The highest BCUT2D eigenvalue weighted by Gasteiger charge is 2.16. The van der Waals surface area contributed by atoms with Crippen molar-refractivity contribution in [1.29, 1.82) is 0 Å². The van der Waals surface area contributed by atoms with Crippen LogP contribution < -0.4 is 10.1 Å². The van der Waals surface area contributed by atoms with Gasteiger partial charge in [0.15, 0.2) is 6.61 Å². The third-order valence-corrected chi connectivity index (χ3v) is 5.34. The smallest absolute Gasteiger partial charge is 0.260 e. The largest absolute Gasteiger partial charge is 0.483 e. The van der Waals surface area contributed by atoms with Gasteiger partial charge >= 0.3 is 0 Å². The van der Waals surface area contributed by atoms with Gasteiger partial charge in [-0.1, -0.05) is 22.0 Å². The molecule has 0 aliphatic rings. The molecule has 0 fully saturated rings. The monoisotopic (exact) mass is 488 g/mol. The lowest BCUT2D eigenvalue weighted by Gasteiger charge is -2.20. The van der Waals surface area contributed by atoms with Crippen molar-refractivity contribution in [2.75, 3.05) is 19.7 Å². The van der Waals surface area contributed by atoms with Crippen molar-refractivity contribution in [2.24, 2.45) is 0 Å². The molecule has 0 aliphatic carbocycles. The first-order valence-corrected chi connectivity index (χ1v) is 10.1. The summed E-state index contributed by atoms with van der Waals surface area (Å²) in [7, 11) is 0. The Morgan fingerprint density at radius 2 is 2.08 bits per heavy atom. The van der Waals surface area contributed by atoms with E-state index in [9.17, 15) is 9.59 Å². The Labute approximate surface area is 167 Å². The third kappa shape index (κ3) is 6.45. The number of benzene rings is 1. The number of carbonyl (C=O) groups is 2. The standard InChI is InChI=1S/C17H18Br2N2O3S/c1-2-21(10-16(22)20-9-13-4-3-7-25-13)17(23)11-24-15-6-5-12(18)8-14(15)19/h3-8H,2,9-11H2,1H3,(H,20,22). The molecule has 2 aromatic rings. The quantitative estimate of drug-likeness (QED) is 0.613. The molecule has 0 saturated heterocycles. The molecule has 0 aliphatic heterocycles. The topological polar surface area (TPSA) is 58.6 Å². The summed E-state index contributed by atoms with van der Waals surface area (Å²) >= 11 is 8.33. The number of amides is 2. The molecule has 0 bridgehead atoms. The van der Waals surface area contributed by atoms with Gasteiger partial charge in [-0.25, -0.2) is 0 Å². The number of ether oxygens (including phenoxy) is 1. The second-order valence-electron chi connectivity index (χ2n) is 5.13. The number of hydrogen-bond acceptors (Lipinski definition) is 4. The van der Waals surface area contributed by atoms with Crippen LogP contribution in [0.5, 0.6) is 5.75 Å². The number of carbonyl (C=O) groups excluding carboxylic acids is 2. The minimum absolute atomic E-state index is 0.0194. The Balaban J connectivity index is 1.82. The third-order valence-electron chi connectivity index (χ3n) is 3.35. The SMILES string of the molecule is CCN(CC(=O)NCc1cccs1)C(=O)COc1ccc(Br)cc1Br. The maximum atomic E-state index is 12.3. The van der Waals surface area contributed by atoms with Crippen molar-refractivity contribution in [1.82, 2.24) is 10.2 Å². The molecule has 1 aromatic heterocycles. The fourth-order valence-electron chi connectivity index (χ4n) is 2.03. The van der Waals surface area contributed by atoms with E-state index in [-0.39, 0.29) is 25.0 Å². The van der Waals surface area contributed by atoms with Gasteiger partial charge in [0, 0.05) is 15.9 Å². The zero-order valence-corrected chi connectivity index (χ0v) is 17.6. The predicted molar refractivity (Wildman–Crippen MR) is 106 cm³/mol. The molecule has 2 amide bonds. The van der Waals surface area contributed by atoms with Gasteiger partial charge in [-0.2, -0.15) is 0 Å². The summed E-state index contributed by atoms with van der Waals surface area (Å²) in [5.74, 6) is 0.159. The molecule has 1 aromatic carbocycles. The number of likely N-dealkylation sites (N-methyl/N-ethyl adjacent to an activating group) is 1. The van der Waals surface area contributed by atoms with Crippen LogP contribution in [0.3, 0.4) is 0 Å². The number of thiophene rings is 1. The van der Waals surface area contributed by atoms with Gasteiger partial charge in [-0.3, -0.25) is 9.59 Å².